The van der Waals surface area contributed by atoms with Crippen molar-refractivity contribution in [3.63, 3.8) is 0 Å². The number of hydrogen-bond donors (Lipinski definition) is 0. The Morgan fingerprint density at radius 2 is 0.985 bits per heavy atom. The van der Waals surface area contributed by atoms with Gasteiger partial charge in [-0.1, -0.05) is 160 Å². The molecule has 0 unspecified atom stereocenters. The molecule has 0 fully saturated rings. The van der Waals surface area contributed by atoms with Crippen LogP contribution in [-0.2, 0) is 27.1 Å². The highest BCUT2D eigenvalue weighted by atomic mass is 15.2. The van der Waals surface area contributed by atoms with Crippen LogP contribution in [0.4, 0.5) is 34.1 Å². The lowest BCUT2D eigenvalue weighted by atomic mass is 9.33. The van der Waals surface area contributed by atoms with E-state index < -0.39 is 0 Å². The Kier molecular flexibility index (Phi) is 8.25. The van der Waals surface area contributed by atoms with E-state index in [0.29, 0.717) is 0 Å². The number of aryl methyl sites for hydroxylation is 2. The molecule has 7 aromatic rings. The Labute approximate surface area is 388 Å². The van der Waals surface area contributed by atoms with Gasteiger partial charge in [-0.3, -0.25) is 0 Å². The lowest BCUT2D eigenvalue weighted by Gasteiger charge is -2.47. The molecule has 0 atom stereocenters. The third kappa shape index (κ3) is 5.60. The number of anilines is 6. The van der Waals surface area contributed by atoms with Crippen LogP contribution in [0.1, 0.15) is 133 Å². The minimum atomic E-state index is -0.186. The van der Waals surface area contributed by atoms with Crippen LogP contribution in [-0.4, -0.2) is 6.71 Å². The summed E-state index contributed by atoms with van der Waals surface area (Å²) in [5, 5.41) is 0. The van der Waals surface area contributed by atoms with Crippen LogP contribution in [0.25, 0.3) is 22.3 Å². The summed E-state index contributed by atoms with van der Waals surface area (Å²) in [4.78, 5) is 5.41. The summed E-state index contributed by atoms with van der Waals surface area (Å²) >= 11 is 0. The van der Waals surface area contributed by atoms with E-state index in [1.165, 1.54) is 130 Å². The van der Waals surface area contributed by atoms with Gasteiger partial charge in [0.2, 0.25) is 0 Å². The van der Waals surface area contributed by atoms with Gasteiger partial charge >= 0.3 is 0 Å². The van der Waals surface area contributed by atoms with E-state index >= 15 is 0 Å². The van der Waals surface area contributed by atoms with Gasteiger partial charge in [0.25, 0.3) is 6.71 Å². The third-order valence-electron chi connectivity index (χ3n) is 17.0. The van der Waals surface area contributed by atoms with Gasteiger partial charge in [-0.25, -0.2) is 0 Å². The molecular formula is C62H63BN2. The molecule has 65 heavy (non-hydrogen) atoms. The summed E-state index contributed by atoms with van der Waals surface area (Å²) in [6.07, 6.45) is 3.50. The van der Waals surface area contributed by atoms with Crippen molar-refractivity contribution in [1.82, 2.24) is 0 Å². The standard InChI is InChI=1S/C62H63BN2/c1-37-29-54-57-55(30-37)65(51-34-46-44(31-38(51)2)58(3,4)27-28-59(46,5)6)52-32-40(39-19-14-13-15-20-39)25-26-48(52)63(57)49-33-45-47(61(9,10)36-60(45,7)8)35-53(49)64(54)50-24-18-22-42-41-21-16-17-23-43(41)62(11,12)56(42)50/h13-26,29-35H,27-28,36H2,1-12H3. The second-order valence-electron chi connectivity index (χ2n) is 23.7. The quantitative estimate of drug-likeness (QED) is 0.163. The second-order valence-corrected chi connectivity index (χ2v) is 23.7. The number of fused-ring (bicyclic) bond motifs is 9. The largest absolute Gasteiger partial charge is 0.311 e. The van der Waals surface area contributed by atoms with E-state index in [1.807, 2.05) is 0 Å². The minimum Gasteiger partial charge on any atom is -0.311 e. The molecule has 0 saturated carbocycles. The lowest BCUT2D eigenvalue weighted by molar-refractivity contribution is 0.332. The minimum absolute atomic E-state index is 0.0445. The summed E-state index contributed by atoms with van der Waals surface area (Å²) in [6, 6.07) is 50.1. The molecule has 3 heteroatoms. The monoisotopic (exact) mass is 847 g/mol. The summed E-state index contributed by atoms with van der Waals surface area (Å²) in [7, 11) is 0. The van der Waals surface area contributed by atoms with Crippen molar-refractivity contribution in [1.29, 1.82) is 0 Å². The van der Waals surface area contributed by atoms with E-state index in [0.717, 1.165) is 6.42 Å². The molecule has 0 radical (unpaired) electrons. The molecule has 0 saturated heterocycles. The topological polar surface area (TPSA) is 6.48 Å². The molecule has 2 aliphatic heterocycles. The Balaban J connectivity index is 1.20. The average Bonchev–Trinajstić information content (AvgIpc) is 3.61. The van der Waals surface area contributed by atoms with Gasteiger partial charge in [0.15, 0.2) is 0 Å². The van der Waals surface area contributed by atoms with E-state index in [2.05, 4.69) is 220 Å². The van der Waals surface area contributed by atoms with Crippen molar-refractivity contribution in [2.75, 3.05) is 9.80 Å². The Bertz CT molecular complexity index is 3200. The van der Waals surface area contributed by atoms with Crippen molar-refractivity contribution in [2.45, 2.75) is 129 Å². The molecule has 12 rings (SSSR count). The first-order valence-electron chi connectivity index (χ1n) is 24.3. The summed E-state index contributed by atoms with van der Waals surface area (Å²) in [6.45, 7) is 29.4. The maximum atomic E-state index is 2.72. The summed E-state index contributed by atoms with van der Waals surface area (Å²) < 4.78 is 0. The zero-order valence-corrected chi connectivity index (χ0v) is 40.7. The van der Waals surface area contributed by atoms with Crippen molar-refractivity contribution < 1.29 is 0 Å². The van der Waals surface area contributed by atoms with Crippen LogP contribution in [0.2, 0.25) is 0 Å². The predicted octanol–water partition coefficient (Wildman–Crippen LogP) is 14.7. The maximum Gasteiger partial charge on any atom is 0.252 e. The zero-order valence-electron chi connectivity index (χ0n) is 40.7. The molecule has 0 spiro atoms. The van der Waals surface area contributed by atoms with Gasteiger partial charge in [0.05, 0.1) is 5.69 Å². The van der Waals surface area contributed by atoms with Gasteiger partial charge in [0.1, 0.15) is 0 Å². The molecule has 0 bridgehead atoms. The Morgan fingerprint density at radius 1 is 0.415 bits per heavy atom. The number of rotatable bonds is 3. The van der Waals surface area contributed by atoms with Gasteiger partial charge in [0, 0.05) is 33.9 Å². The highest BCUT2D eigenvalue weighted by Crippen LogP contribution is 2.58. The molecule has 5 aliphatic rings. The van der Waals surface area contributed by atoms with Crippen molar-refractivity contribution in [3.8, 4) is 22.3 Å². The molecule has 324 valence electrons. The molecule has 2 heterocycles. The first-order valence-corrected chi connectivity index (χ1v) is 24.3. The number of nitrogens with zero attached hydrogens (tertiary/aromatic N) is 2. The van der Waals surface area contributed by atoms with E-state index in [1.54, 1.807) is 0 Å². The Hall–Kier alpha value is -5.80. The van der Waals surface area contributed by atoms with Crippen LogP contribution in [0.3, 0.4) is 0 Å². The van der Waals surface area contributed by atoms with Crippen molar-refractivity contribution in [2.24, 2.45) is 0 Å². The van der Waals surface area contributed by atoms with E-state index in [9.17, 15) is 0 Å². The van der Waals surface area contributed by atoms with Crippen LogP contribution >= 0.6 is 0 Å². The van der Waals surface area contributed by atoms with E-state index in [-0.39, 0.29) is 33.8 Å². The zero-order chi connectivity index (χ0) is 45.3. The van der Waals surface area contributed by atoms with Crippen LogP contribution in [0.5, 0.6) is 0 Å². The molecule has 2 nitrogen and oxygen atoms in total. The Morgan fingerprint density at radius 3 is 1.69 bits per heavy atom. The van der Waals surface area contributed by atoms with Gasteiger partial charge in [-0.15, -0.1) is 0 Å². The fourth-order valence-electron chi connectivity index (χ4n) is 13.9. The first kappa shape index (κ1) is 40.7. The fourth-order valence-corrected chi connectivity index (χ4v) is 13.9. The van der Waals surface area contributed by atoms with Gasteiger partial charge in [-0.05, 0) is 174 Å². The summed E-state index contributed by atoms with van der Waals surface area (Å²) in [5.74, 6) is 0. The maximum absolute atomic E-state index is 2.72. The van der Waals surface area contributed by atoms with Crippen LogP contribution < -0.4 is 26.2 Å². The lowest BCUT2D eigenvalue weighted by Crippen LogP contribution is -2.61. The van der Waals surface area contributed by atoms with Gasteiger partial charge < -0.3 is 9.80 Å². The third-order valence-corrected chi connectivity index (χ3v) is 17.0. The molecule has 0 amide bonds. The molecule has 3 aliphatic carbocycles. The molecule has 0 N–H and O–H groups in total. The van der Waals surface area contributed by atoms with Crippen molar-refractivity contribution in [3.05, 3.63) is 172 Å². The van der Waals surface area contributed by atoms with Crippen LogP contribution in [0.15, 0.2) is 127 Å². The fraction of sp³-hybridized carbons (Fsp3) is 0.323. The first-order chi connectivity index (χ1) is 30.8. The van der Waals surface area contributed by atoms with Gasteiger partial charge in [-0.2, -0.15) is 0 Å². The smallest absolute Gasteiger partial charge is 0.252 e. The number of benzene rings is 7. The van der Waals surface area contributed by atoms with Crippen LogP contribution in [0, 0.1) is 13.8 Å². The summed E-state index contributed by atoms with van der Waals surface area (Å²) in [5.41, 5.74) is 28.7. The second kappa shape index (κ2) is 13.2. The van der Waals surface area contributed by atoms with E-state index in [4.69, 9.17) is 0 Å². The molecule has 0 aromatic heterocycles. The predicted molar refractivity (Wildman–Crippen MR) is 279 cm³/mol. The number of hydrogen-bond acceptors (Lipinski definition) is 2. The normalized spacial score (nSPS) is 19.1. The van der Waals surface area contributed by atoms with Crippen molar-refractivity contribution >= 4 is 57.2 Å². The highest BCUT2D eigenvalue weighted by molar-refractivity contribution is 7.00. The molecule has 7 aromatic carbocycles. The average molecular weight is 847 g/mol. The molecular weight excluding hydrogens is 784 g/mol. The SMILES string of the molecule is Cc1cc2c3c(c1)N(c1cccc4c1C(C)(C)c1ccccc1-4)c1cc4c(cc1B3c1ccc(-c3ccccc3)cc1N2c1cc2c(cc1C)C(C)(C)CCC2(C)C)C(C)(C)CC4(C)C. The highest BCUT2D eigenvalue weighted by Gasteiger charge is 2.50.